The fourth-order valence-electron chi connectivity index (χ4n) is 3.54. The normalized spacial score (nSPS) is 11.4. The summed E-state index contributed by atoms with van der Waals surface area (Å²) in [6, 6.07) is 10.2. The van der Waals surface area contributed by atoms with E-state index in [0.717, 1.165) is 17.7 Å². The predicted octanol–water partition coefficient (Wildman–Crippen LogP) is 5.44. The topological polar surface area (TPSA) is 96.3 Å². The first-order valence-electron chi connectivity index (χ1n) is 10.2. The second-order valence-electron chi connectivity index (χ2n) is 7.52. The molecule has 0 unspecified atom stereocenters. The number of carbonyl (C=O) groups is 1. The van der Waals surface area contributed by atoms with E-state index >= 15 is 4.39 Å². The maximum absolute atomic E-state index is 15.1. The highest BCUT2D eigenvalue weighted by Crippen LogP contribution is 2.30. The SMILES string of the molecule is [C-]#[N+]c1ccc(-c2cnc3[nH]cc(C(=O)c4c(F)ccc(NS(=O)(=O)CCC)c4F)c3c2)cc1. The number of fused-ring (bicyclic) bond motifs is 1. The number of nitrogens with one attached hydrogen (secondary N) is 2. The van der Waals surface area contributed by atoms with E-state index in [0.29, 0.717) is 28.7 Å². The van der Waals surface area contributed by atoms with Crippen LogP contribution in [0.3, 0.4) is 0 Å². The highest BCUT2D eigenvalue weighted by Gasteiger charge is 2.26. The number of nitrogens with zero attached hydrogens (tertiary/aromatic N) is 2. The largest absolute Gasteiger partial charge is 0.345 e. The van der Waals surface area contributed by atoms with Crippen LogP contribution in [0.2, 0.25) is 0 Å². The number of H-pyrrole nitrogens is 1. The van der Waals surface area contributed by atoms with Crippen LogP contribution in [0.1, 0.15) is 29.3 Å². The summed E-state index contributed by atoms with van der Waals surface area (Å²) < 4.78 is 55.9. The Hall–Kier alpha value is -4.10. The Kier molecular flexibility index (Phi) is 6.13. The van der Waals surface area contributed by atoms with Crippen molar-refractivity contribution in [1.29, 1.82) is 0 Å². The lowest BCUT2D eigenvalue weighted by Gasteiger charge is -2.11. The Labute approximate surface area is 194 Å². The molecule has 4 aromatic rings. The van der Waals surface area contributed by atoms with Crippen molar-refractivity contribution in [3.05, 3.63) is 89.0 Å². The third kappa shape index (κ3) is 4.38. The molecule has 2 aromatic heterocycles. The number of rotatable bonds is 7. The van der Waals surface area contributed by atoms with E-state index in [1.165, 1.54) is 6.20 Å². The van der Waals surface area contributed by atoms with Crippen molar-refractivity contribution in [1.82, 2.24) is 9.97 Å². The minimum absolute atomic E-state index is 0.0199. The number of aromatic nitrogens is 2. The molecular weight excluding hydrogens is 462 g/mol. The summed E-state index contributed by atoms with van der Waals surface area (Å²) in [5, 5.41) is 0.340. The van der Waals surface area contributed by atoms with E-state index in [2.05, 4.69) is 19.5 Å². The Morgan fingerprint density at radius 3 is 2.56 bits per heavy atom. The molecule has 7 nitrogen and oxygen atoms in total. The minimum Gasteiger partial charge on any atom is -0.345 e. The van der Waals surface area contributed by atoms with E-state index < -0.39 is 38.7 Å². The fraction of sp³-hybridized carbons (Fsp3) is 0.125. The summed E-state index contributed by atoms with van der Waals surface area (Å²) in [5.41, 5.74) is 0.793. The maximum atomic E-state index is 15.1. The van der Waals surface area contributed by atoms with Crippen molar-refractivity contribution in [3.8, 4) is 11.1 Å². The van der Waals surface area contributed by atoms with Crippen LogP contribution >= 0.6 is 0 Å². The van der Waals surface area contributed by atoms with Crippen LogP contribution < -0.4 is 4.72 Å². The molecule has 0 aliphatic carbocycles. The van der Waals surface area contributed by atoms with Crippen molar-refractivity contribution in [2.45, 2.75) is 13.3 Å². The van der Waals surface area contributed by atoms with Crippen LogP contribution in [-0.4, -0.2) is 29.9 Å². The van der Waals surface area contributed by atoms with Gasteiger partial charge in [-0.3, -0.25) is 9.52 Å². The molecule has 0 saturated carbocycles. The smallest absolute Gasteiger partial charge is 0.232 e. The lowest BCUT2D eigenvalue weighted by Crippen LogP contribution is -2.18. The van der Waals surface area contributed by atoms with Gasteiger partial charge in [-0.15, -0.1) is 0 Å². The molecule has 0 saturated heterocycles. The van der Waals surface area contributed by atoms with Crippen molar-refractivity contribution >= 4 is 38.2 Å². The quantitative estimate of drug-likeness (QED) is 0.272. The van der Waals surface area contributed by atoms with Crippen LogP contribution in [0.4, 0.5) is 20.2 Å². The van der Waals surface area contributed by atoms with Gasteiger partial charge >= 0.3 is 0 Å². The molecule has 0 bridgehead atoms. The molecule has 2 aromatic carbocycles. The summed E-state index contributed by atoms with van der Waals surface area (Å²) in [5.74, 6) is -3.62. The van der Waals surface area contributed by atoms with Gasteiger partial charge in [-0.2, -0.15) is 0 Å². The Bertz CT molecular complexity index is 1560. The standard InChI is InChI=1S/C24H18F2N4O3S/c1-3-10-34(32,33)30-20-9-8-19(25)21(22(20)26)23(31)18-13-29-24-17(18)11-15(12-28-24)14-4-6-16(27-2)7-5-14/h4-9,11-13,30H,3,10H2,1H3,(H,28,29). The number of carbonyl (C=O) groups excluding carboxylic acids is 1. The molecule has 0 radical (unpaired) electrons. The van der Waals surface area contributed by atoms with Gasteiger partial charge in [-0.25, -0.2) is 27.0 Å². The molecule has 4 rings (SSSR count). The highest BCUT2D eigenvalue weighted by atomic mass is 32.2. The average Bonchev–Trinajstić information content (AvgIpc) is 3.24. The summed E-state index contributed by atoms with van der Waals surface area (Å²) in [6.07, 6.45) is 3.18. The lowest BCUT2D eigenvalue weighted by molar-refractivity contribution is 0.103. The summed E-state index contributed by atoms with van der Waals surface area (Å²) in [6.45, 7) is 8.70. The summed E-state index contributed by atoms with van der Waals surface area (Å²) in [4.78, 5) is 23.6. The molecule has 0 spiro atoms. The molecule has 0 aliphatic heterocycles. The summed E-state index contributed by atoms with van der Waals surface area (Å²) >= 11 is 0. The monoisotopic (exact) mass is 480 g/mol. The number of ketones is 1. The number of pyridine rings is 1. The second-order valence-corrected chi connectivity index (χ2v) is 9.36. The van der Waals surface area contributed by atoms with E-state index in [1.54, 1.807) is 43.5 Å². The van der Waals surface area contributed by atoms with Crippen LogP contribution in [0, 0.1) is 18.2 Å². The van der Waals surface area contributed by atoms with E-state index in [9.17, 15) is 17.6 Å². The van der Waals surface area contributed by atoms with Crippen molar-refractivity contribution in [2.24, 2.45) is 0 Å². The molecule has 2 N–H and O–H groups in total. The first kappa shape index (κ1) is 23.1. The first-order chi connectivity index (χ1) is 16.2. The number of aromatic amines is 1. The van der Waals surface area contributed by atoms with Gasteiger partial charge in [0.25, 0.3) is 0 Å². The predicted molar refractivity (Wildman–Crippen MR) is 125 cm³/mol. The lowest BCUT2D eigenvalue weighted by atomic mass is 10.00. The third-order valence-electron chi connectivity index (χ3n) is 5.16. The van der Waals surface area contributed by atoms with Crippen molar-refractivity contribution in [3.63, 3.8) is 0 Å². The summed E-state index contributed by atoms with van der Waals surface area (Å²) in [7, 11) is -3.85. The van der Waals surface area contributed by atoms with Crippen LogP contribution in [0.15, 0.2) is 54.9 Å². The Morgan fingerprint density at radius 2 is 1.88 bits per heavy atom. The molecular formula is C24H18F2N4O3S. The molecule has 0 atom stereocenters. The zero-order valence-electron chi connectivity index (χ0n) is 17.9. The van der Waals surface area contributed by atoms with Gasteiger partial charge in [0.1, 0.15) is 11.5 Å². The molecule has 0 amide bonds. The van der Waals surface area contributed by atoms with E-state index in [-0.39, 0.29) is 11.3 Å². The molecule has 0 fully saturated rings. The molecule has 34 heavy (non-hydrogen) atoms. The van der Waals surface area contributed by atoms with Crippen LogP contribution in [-0.2, 0) is 10.0 Å². The number of anilines is 1. The maximum Gasteiger partial charge on any atom is 0.232 e. The number of hydrogen-bond acceptors (Lipinski definition) is 4. The average molecular weight is 480 g/mol. The zero-order chi connectivity index (χ0) is 24.5. The highest BCUT2D eigenvalue weighted by molar-refractivity contribution is 7.92. The number of halogens is 2. The molecule has 0 aliphatic rings. The van der Waals surface area contributed by atoms with Gasteiger partial charge in [0.2, 0.25) is 15.8 Å². The van der Waals surface area contributed by atoms with Crippen LogP contribution in [0.25, 0.3) is 27.0 Å². The van der Waals surface area contributed by atoms with Crippen LogP contribution in [0.5, 0.6) is 0 Å². The second kappa shape index (κ2) is 9.03. The van der Waals surface area contributed by atoms with Gasteiger partial charge in [-0.1, -0.05) is 31.2 Å². The van der Waals surface area contributed by atoms with E-state index in [1.807, 2.05) is 0 Å². The fourth-order valence-corrected chi connectivity index (χ4v) is 4.67. The zero-order valence-corrected chi connectivity index (χ0v) is 18.7. The van der Waals surface area contributed by atoms with Gasteiger partial charge in [0, 0.05) is 28.9 Å². The van der Waals surface area contributed by atoms with Gasteiger partial charge in [0.15, 0.2) is 11.5 Å². The van der Waals surface area contributed by atoms with Crippen molar-refractivity contribution in [2.75, 3.05) is 10.5 Å². The molecule has 172 valence electrons. The Balaban J connectivity index is 1.77. The number of benzene rings is 2. The van der Waals surface area contributed by atoms with Crippen molar-refractivity contribution < 1.29 is 22.0 Å². The Morgan fingerprint density at radius 1 is 1.15 bits per heavy atom. The third-order valence-corrected chi connectivity index (χ3v) is 6.64. The minimum atomic E-state index is -3.85. The van der Waals surface area contributed by atoms with Gasteiger partial charge in [-0.05, 0) is 30.2 Å². The first-order valence-corrected chi connectivity index (χ1v) is 11.9. The molecule has 2 heterocycles. The van der Waals surface area contributed by atoms with E-state index in [4.69, 9.17) is 6.57 Å². The number of sulfonamides is 1. The number of hydrogen-bond donors (Lipinski definition) is 2. The molecule has 10 heteroatoms. The van der Waals surface area contributed by atoms with Gasteiger partial charge < -0.3 is 4.98 Å². The van der Waals surface area contributed by atoms with Gasteiger partial charge in [0.05, 0.1) is 23.6 Å².